The third-order valence-electron chi connectivity index (χ3n) is 2.83. The van der Waals surface area contributed by atoms with Crippen molar-refractivity contribution in [1.29, 1.82) is 0 Å². The first-order chi connectivity index (χ1) is 7.68. The molecule has 1 aromatic rings. The highest BCUT2D eigenvalue weighted by Crippen LogP contribution is 2.17. The Morgan fingerprint density at radius 1 is 1.75 bits per heavy atom. The molecule has 0 bridgehead atoms. The number of aryl methyl sites for hydroxylation is 1. The van der Waals surface area contributed by atoms with E-state index in [0.717, 1.165) is 25.1 Å². The highest BCUT2D eigenvalue weighted by molar-refractivity contribution is 7.11. The van der Waals surface area contributed by atoms with Crippen LogP contribution in [0.3, 0.4) is 0 Å². The number of carbonyl (C=O) groups is 1. The minimum Gasteiger partial charge on any atom is -0.376 e. The highest BCUT2D eigenvalue weighted by atomic mass is 32.1. The SMILES string of the molecule is Cc1ncsc1C(=O)N[C@H](C)[C@H]1CCCO1. The van der Waals surface area contributed by atoms with Crippen LogP contribution < -0.4 is 5.32 Å². The number of thiazole rings is 1. The second-order valence-corrected chi connectivity index (χ2v) is 4.94. The van der Waals surface area contributed by atoms with Gasteiger partial charge in [0.15, 0.2) is 0 Å². The summed E-state index contributed by atoms with van der Waals surface area (Å²) in [6.45, 7) is 4.65. The van der Waals surface area contributed by atoms with E-state index >= 15 is 0 Å². The fourth-order valence-electron chi connectivity index (χ4n) is 1.88. The quantitative estimate of drug-likeness (QED) is 0.875. The third kappa shape index (κ3) is 2.41. The summed E-state index contributed by atoms with van der Waals surface area (Å²) in [5.74, 6) is -0.0389. The van der Waals surface area contributed by atoms with Gasteiger partial charge in [0.2, 0.25) is 0 Å². The first kappa shape index (κ1) is 11.5. The lowest BCUT2D eigenvalue weighted by molar-refractivity contribution is 0.0714. The molecule has 16 heavy (non-hydrogen) atoms. The molecular weight excluding hydrogens is 224 g/mol. The van der Waals surface area contributed by atoms with Gasteiger partial charge in [-0.25, -0.2) is 4.98 Å². The number of nitrogens with one attached hydrogen (secondary N) is 1. The van der Waals surface area contributed by atoms with Crippen molar-refractivity contribution in [3.8, 4) is 0 Å². The summed E-state index contributed by atoms with van der Waals surface area (Å²) in [7, 11) is 0. The molecule has 1 N–H and O–H groups in total. The fraction of sp³-hybridized carbons (Fsp3) is 0.636. The van der Waals surface area contributed by atoms with Crippen LogP contribution in [0.5, 0.6) is 0 Å². The summed E-state index contributed by atoms with van der Waals surface area (Å²) in [6, 6.07) is 0.0662. The topological polar surface area (TPSA) is 51.2 Å². The lowest BCUT2D eigenvalue weighted by Crippen LogP contribution is -2.40. The first-order valence-corrected chi connectivity index (χ1v) is 6.39. The maximum absolute atomic E-state index is 11.9. The molecule has 5 heteroatoms. The van der Waals surface area contributed by atoms with Crippen molar-refractivity contribution < 1.29 is 9.53 Å². The normalized spacial score (nSPS) is 22.0. The largest absolute Gasteiger partial charge is 0.376 e. The maximum Gasteiger partial charge on any atom is 0.263 e. The molecule has 0 spiro atoms. The maximum atomic E-state index is 11.9. The van der Waals surface area contributed by atoms with Crippen molar-refractivity contribution in [1.82, 2.24) is 10.3 Å². The molecule has 2 heterocycles. The first-order valence-electron chi connectivity index (χ1n) is 5.51. The summed E-state index contributed by atoms with van der Waals surface area (Å²) in [6.07, 6.45) is 2.28. The van der Waals surface area contributed by atoms with E-state index in [-0.39, 0.29) is 18.1 Å². The molecule has 1 aliphatic heterocycles. The minimum absolute atomic E-state index is 0.0389. The Labute approximate surface area is 99.0 Å². The fourth-order valence-corrected chi connectivity index (χ4v) is 2.59. The van der Waals surface area contributed by atoms with Crippen molar-refractivity contribution in [3.63, 3.8) is 0 Å². The van der Waals surface area contributed by atoms with Crippen LogP contribution >= 0.6 is 11.3 Å². The molecule has 0 aromatic carbocycles. The standard InChI is InChI=1S/C11H16N2O2S/c1-7(9-4-3-5-15-9)13-11(14)10-8(2)12-6-16-10/h6-7,9H,3-5H2,1-2H3,(H,13,14)/t7-,9-/m1/s1. The van der Waals surface area contributed by atoms with Gasteiger partial charge in [-0.3, -0.25) is 4.79 Å². The number of amides is 1. The van der Waals surface area contributed by atoms with E-state index in [0.29, 0.717) is 4.88 Å². The van der Waals surface area contributed by atoms with E-state index in [1.165, 1.54) is 11.3 Å². The zero-order valence-corrected chi connectivity index (χ0v) is 10.3. The molecule has 0 saturated carbocycles. The van der Waals surface area contributed by atoms with Gasteiger partial charge in [-0.05, 0) is 26.7 Å². The summed E-state index contributed by atoms with van der Waals surface area (Å²) in [5.41, 5.74) is 2.49. The van der Waals surface area contributed by atoms with Gasteiger partial charge in [0.1, 0.15) is 4.88 Å². The van der Waals surface area contributed by atoms with Crippen LogP contribution in [0.4, 0.5) is 0 Å². The molecule has 0 aliphatic carbocycles. The number of ether oxygens (including phenoxy) is 1. The lowest BCUT2D eigenvalue weighted by atomic mass is 10.1. The second kappa shape index (κ2) is 4.93. The molecule has 2 rings (SSSR count). The van der Waals surface area contributed by atoms with Crippen molar-refractivity contribution >= 4 is 17.2 Å². The monoisotopic (exact) mass is 240 g/mol. The molecule has 1 fully saturated rings. The Morgan fingerprint density at radius 3 is 3.12 bits per heavy atom. The van der Waals surface area contributed by atoms with Crippen molar-refractivity contribution in [3.05, 3.63) is 16.1 Å². The number of rotatable bonds is 3. The van der Waals surface area contributed by atoms with Crippen LogP contribution in [0.1, 0.15) is 35.1 Å². The van der Waals surface area contributed by atoms with E-state index in [1.807, 2.05) is 13.8 Å². The molecule has 0 unspecified atom stereocenters. The van der Waals surface area contributed by atoms with Gasteiger partial charge in [-0.2, -0.15) is 0 Å². The Balaban J connectivity index is 1.94. The van der Waals surface area contributed by atoms with Crippen LogP contribution in [-0.2, 0) is 4.74 Å². The number of carbonyl (C=O) groups excluding carboxylic acids is 1. The molecule has 0 radical (unpaired) electrons. The average molecular weight is 240 g/mol. The predicted molar refractivity (Wildman–Crippen MR) is 62.8 cm³/mol. The van der Waals surface area contributed by atoms with Crippen LogP contribution in [0.25, 0.3) is 0 Å². The van der Waals surface area contributed by atoms with Gasteiger partial charge < -0.3 is 10.1 Å². The zero-order valence-electron chi connectivity index (χ0n) is 9.53. The molecule has 2 atom stereocenters. The summed E-state index contributed by atoms with van der Waals surface area (Å²) < 4.78 is 5.54. The lowest BCUT2D eigenvalue weighted by Gasteiger charge is -2.19. The average Bonchev–Trinajstić information content (AvgIpc) is 2.86. The predicted octanol–water partition coefficient (Wildman–Crippen LogP) is 1.75. The van der Waals surface area contributed by atoms with Gasteiger partial charge >= 0.3 is 0 Å². The molecule has 1 saturated heterocycles. The van der Waals surface area contributed by atoms with E-state index < -0.39 is 0 Å². The van der Waals surface area contributed by atoms with Crippen LogP contribution in [0.2, 0.25) is 0 Å². The summed E-state index contributed by atoms with van der Waals surface area (Å²) >= 11 is 1.38. The number of hydrogen-bond donors (Lipinski definition) is 1. The molecular formula is C11H16N2O2S. The Hall–Kier alpha value is -0.940. The van der Waals surface area contributed by atoms with Gasteiger partial charge in [0, 0.05) is 6.61 Å². The second-order valence-electron chi connectivity index (χ2n) is 4.08. The number of aromatic nitrogens is 1. The molecule has 4 nitrogen and oxygen atoms in total. The van der Waals surface area contributed by atoms with E-state index in [1.54, 1.807) is 5.51 Å². The minimum atomic E-state index is -0.0389. The molecule has 1 amide bonds. The van der Waals surface area contributed by atoms with E-state index in [4.69, 9.17) is 4.74 Å². The van der Waals surface area contributed by atoms with Gasteiger partial charge in [-0.1, -0.05) is 0 Å². The molecule has 1 aromatic heterocycles. The molecule has 1 aliphatic rings. The van der Waals surface area contributed by atoms with Gasteiger partial charge in [0.25, 0.3) is 5.91 Å². The van der Waals surface area contributed by atoms with E-state index in [9.17, 15) is 4.79 Å². The van der Waals surface area contributed by atoms with Crippen molar-refractivity contribution in [2.75, 3.05) is 6.61 Å². The number of nitrogens with zero attached hydrogens (tertiary/aromatic N) is 1. The van der Waals surface area contributed by atoms with Crippen molar-refractivity contribution in [2.45, 2.75) is 38.8 Å². The smallest absolute Gasteiger partial charge is 0.263 e. The summed E-state index contributed by atoms with van der Waals surface area (Å²) in [4.78, 5) is 16.7. The highest BCUT2D eigenvalue weighted by Gasteiger charge is 2.24. The zero-order chi connectivity index (χ0) is 11.5. The van der Waals surface area contributed by atoms with Crippen LogP contribution in [0.15, 0.2) is 5.51 Å². The third-order valence-corrected chi connectivity index (χ3v) is 3.76. The Kier molecular flexibility index (Phi) is 3.56. The van der Waals surface area contributed by atoms with Crippen molar-refractivity contribution in [2.24, 2.45) is 0 Å². The van der Waals surface area contributed by atoms with Gasteiger partial charge in [-0.15, -0.1) is 11.3 Å². The molecule has 88 valence electrons. The van der Waals surface area contributed by atoms with Crippen LogP contribution in [0, 0.1) is 6.92 Å². The van der Waals surface area contributed by atoms with Gasteiger partial charge in [0.05, 0.1) is 23.4 Å². The Morgan fingerprint density at radius 2 is 2.56 bits per heavy atom. The van der Waals surface area contributed by atoms with E-state index in [2.05, 4.69) is 10.3 Å². The number of hydrogen-bond acceptors (Lipinski definition) is 4. The van der Waals surface area contributed by atoms with Crippen LogP contribution in [-0.4, -0.2) is 29.6 Å². The summed E-state index contributed by atoms with van der Waals surface area (Å²) in [5, 5.41) is 2.97. The Bertz CT molecular complexity index is 372.